The highest BCUT2D eigenvalue weighted by atomic mass is 16.5. The van der Waals surface area contributed by atoms with Crippen molar-refractivity contribution in [3.8, 4) is 17.6 Å². The molecule has 0 radical (unpaired) electrons. The lowest BCUT2D eigenvalue weighted by Crippen LogP contribution is -2.10. The smallest absolute Gasteiger partial charge is 0.145 e. The molecule has 0 fully saturated rings. The first-order chi connectivity index (χ1) is 13.3. The molecule has 0 spiro atoms. The standard InChI is InChI=1S/C23H25N3O2/c1-23(2,3)18-6-5-7-20(11-18)28-22-10-16(8-9-17(22)13-24)21(27)12-19-14-25-15-26(19)4/h5-11,14-15,21,27H,12H2,1-4H3. The molecule has 1 aromatic heterocycles. The second-order valence-electron chi connectivity index (χ2n) is 7.96. The van der Waals surface area contributed by atoms with E-state index in [2.05, 4.69) is 37.9 Å². The van der Waals surface area contributed by atoms with Crippen LogP contribution in [-0.4, -0.2) is 14.7 Å². The van der Waals surface area contributed by atoms with E-state index in [-0.39, 0.29) is 5.41 Å². The largest absolute Gasteiger partial charge is 0.456 e. The molecule has 0 bridgehead atoms. The van der Waals surface area contributed by atoms with Gasteiger partial charge in [0.15, 0.2) is 0 Å². The molecule has 1 N–H and O–H groups in total. The lowest BCUT2D eigenvalue weighted by atomic mass is 9.87. The molecular formula is C23H25N3O2. The van der Waals surface area contributed by atoms with Crippen molar-refractivity contribution >= 4 is 0 Å². The Hall–Kier alpha value is -3.10. The Morgan fingerprint density at radius 2 is 2.00 bits per heavy atom. The van der Waals surface area contributed by atoms with E-state index in [0.717, 1.165) is 11.3 Å². The fourth-order valence-electron chi connectivity index (χ4n) is 2.97. The van der Waals surface area contributed by atoms with Crippen molar-refractivity contribution in [3.05, 3.63) is 77.4 Å². The molecule has 0 amide bonds. The van der Waals surface area contributed by atoms with Gasteiger partial charge in [-0.15, -0.1) is 0 Å². The Labute approximate surface area is 165 Å². The number of aromatic nitrogens is 2. The van der Waals surface area contributed by atoms with Crippen LogP contribution in [0.3, 0.4) is 0 Å². The third-order valence-electron chi connectivity index (χ3n) is 4.76. The van der Waals surface area contributed by atoms with E-state index in [9.17, 15) is 10.4 Å². The molecule has 2 aromatic carbocycles. The maximum absolute atomic E-state index is 10.6. The molecule has 3 rings (SSSR count). The molecular weight excluding hydrogens is 350 g/mol. The van der Waals surface area contributed by atoms with Crippen LogP contribution in [0.25, 0.3) is 0 Å². The van der Waals surface area contributed by atoms with E-state index in [1.54, 1.807) is 30.7 Å². The van der Waals surface area contributed by atoms with Crippen molar-refractivity contribution in [3.63, 3.8) is 0 Å². The van der Waals surface area contributed by atoms with Crippen LogP contribution in [0.1, 0.15) is 49.3 Å². The SMILES string of the molecule is Cn1cncc1CC(O)c1ccc(C#N)c(Oc2cccc(C(C)(C)C)c2)c1. The van der Waals surface area contributed by atoms with Gasteiger partial charge in [-0.05, 0) is 40.8 Å². The predicted molar refractivity (Wildman–Crippen MR) is 108 cm³/mol. The summed E-state index contributed by atoms with van der Waals surface area (Å²) in [5.41, 5.74) is 3.20. The summed E-state index contributed by atoms with van der Waals surface area (Å²) in [7, 11) is 1.89. The highest BCUT2D eigenvalue weighted by molar-refractivity contribution is 5.48. The third-order valence-corrected chi connectivity index (χ3v) is 4.76. The number of nitrogens with zero attached hydrogens (tertiary/aromatic N) is 3. The highest BCUT2D eigenvalue weighted by Crippen LogP contribution is 2.32. The number of aryl methyl sites for hydroxylation is 1. The zero-order valence-corrected chi connectivity index (χ0v) is 16.7. The second-order valence-corrected chi connectivity index (χ2v) is 7.96. The Morgan fingerprint density at radius 1 is 1.21 bits per heavy atom. The Balaban J connectivity index is 1.88. The second kappa shape index (κ2) is 7.87. The number of aliphatic hydroxyl groups is 1. The molecule has 5 nitrogen and oxygen atoms in total. The van der Waals surface area contributed by atoms with E-state index in [1.165, 1.54) is 0 Å². The quantitative estimate of drug-likeness (QED) is 0.704. The summed E-state index contributed by atoms with van der Waals surface area (Å²) in [4.78, 5) is 4.08. The van der Waals surface area contributed by atoms with Gasteiger partial charge in [0.05, 0.1) is 18.0 Å². The van der Waals surface area contributed by atoms with Crippen molar-refractivity contribution in [2.45, 2.75) is 38.7 Å². The van der Waals surface area contributed by atoms with Gasteiger partial charge < -0.3 is 14.4 Å². The number of ether oxygens (including phenoxy) is 1. The summed E-state index contributed by atoms with van der Waals surface area (Å²) in [6, 6.07) is 15.2. The van der Waals surface area contributed by atoms with Gasteiger partial charge in [0.25, 0.3) is 0 Å². The first kappa shape index (κ1) is 19.7. The topological polar surface area (TPSA) is 71.1 Å². The van der Waals surface area contributed by atoms with Gasteiger partial charge in [-0.25, -0.2) is 4.98 Å². The van der Waals surface area contributed by atoms with Crippen LogP contribution in [-0.2, 0) is 18.9 Å². The lowest BCUT2D eigenvalue weighted by molar-refractivity contribution is 0.176. The summed E-state index contributed by atoms with van der Waals surface area (Å²) in [6.07, 6.45) is 3.16. The normalized spacial score (nSPS) is 12.4. The average Bonchev–Trinajstić information content (AvgIpc) is 3.06. The van der Waals surface area contributed by atoms with Crippen LogP contribution in [0.5, 0.6) is 11.5 Å². The molecule has 1 heterocycles. The fraction of sp³-hybridized carbons (Fsp3) is 0.304. The molecule has 3 aromatic rings. The molecule has 5 heteroatoms. The molecule has 0 aliphatic rings. The van der Waals surface area contributed by atoms with Gasteiger partial charge in [0, 0.05) is 25.4 Å². The zero-order chi connectivity index (χ0) is 20.3. The maximum atomic E-state index is 10.6. The van der Waals surface area contributed by atoms with Gasteiger partial charge in [0.1, 0.15) is 17.6 Å². The molecule has 1 atom stereocenters. The van der Waals surface area contributed by atoms with Gasteiger partial charge in [-0.2, -0.15) is 5.26 Å². The predicted octanol–water partition coefficient (Wildman–Crippen LogP) is 4.66. The molecule has 0 aliphatic carbocycles. The van der Waals surface area contributed by atoms with Gasteiger partial charge in [-0.3, -0.25) is 0 Å². The zero-order valence-electron chi connectivity index (χ0n) is 16.7. The minimum Gasteiger partial charge on any atom is -0.456 e. The molecule has 28 heavy (non-hydrogen) atoms. The van der Waals surface area contributed by atoms with Crippen LogP contribution in [0.4, 0.5) is 0 Å². The Kier molecular flexibility index (Phi) is 5.53. The summed E-state index contributed by atoms with van der Waals surface area (Å²) in [5, 5.41) is 20.1. The number of aliphatic hydroxyl groups excluding tert-OH is 1. The molecule has 1 unspecified atom stereocenters. The number of hydrogen-bond acceptors (Lipinski definition) is 4. The molecule has 0 aliphatic heterocycles. The van der Waals surface area contributed by atoms with Crippen LogP contribution in [0.15, 0.2) is 55.0 Å². The average molecular weight is 375 g/mol. The Morgan fingerprint density at radius 3 is 2.64 bits per heavy atom. The van der Waals surface area contributed by atoms with Crippen molar-refractivity contribution in [1.29, 1.82) is 5.26 Å². The first-order valence-corrected chi connectivity index (χ1v) is 9.23. The number of hydrogen-bond donors (Lipinski definition) is 1. The fourth-order valence-corrected chi connectivity index (χ4v) is 2.97. The van der Waals surface area contributed by atoms with Crippen LogP contribution in [0, 0.1) is 11.3 Å². The molecule has 0 saturated heterocycles. The summed E-state index contributed by atoms with van der Waals surface area (Å²) < 4.78 is 7.91. The minimum atomic E-state index is -0.716. The van der Waals surface area contributed by atoms with Crippen LogP contribution in [0.2, 0.25) is 0 Å². The monoisotopic (exact) mass is 375 g/mol. The van der Waals surface area contributed by atoms with E-state index >= 15 is 0 Å². The molecule has 0 saturated carbocycles. The van der Waals surface area contributed by atoms with Crippen molar-refractivity contribution in [2.75, 3.05) is 0 Å². The van der Waals surface area contributed by atoms with E-state index in [4.69, 9.17) is 4.74 Å². The summed E-state index contributed by atoms with van der Waals surface area (Å²) >= 11 is 0. The third kappa shape index (κ3) is 4.41. The van der Waals surface area contributed by atoms with Crippen LogP contribution < -0.4 is 4.74 Å². The maximum Gasteiger partial charge on any atom is 0.145 e. The Bertz CT molecular complexity index is 1010. The van der Waals surface area contributed by atoms with Crippen molar-refractivity contribution in [1.82, 2.24) is 9.55 Å². The van der Waals surface area contributed by atoms with E-state index < -0.39 is 6.10 Å². The lowest BCUT2D eigenvalue weighted by Gasteiger charge is -2.20. The number of nitriles is 1. The summed E-state index contributed by atoms with van der Waals surface area (Å²) in [5.74, 6) is 1.11. The summed E-state index contributed by atoms with van der Waals surface area (Å²) in [6.45, 7) is 6.42. The number of imidazole rings is 1. The minimum absolute atomic E-state index is 0.00142. The van der Waals surface area contributed by atoms with Gasteiger partial charge in [-0.1, -0.05) is 39.0 Å². The van der Waals surface area contributed by atoms with Crippen LogP contribution >= 0.6 is 0 Å². The number of rotatable bonds is 5. The van der Waals surface area contributed by atoms with Gasteiger partial charge >= 0.3 is 0 Å². The van der Waals surface area contributed by atoms with E-state index in [0.29, 0.717) is 29.0 Å². The van der Waals surface area contributed by atoms with E-state index in [1.807, 2.05) is 29.8 Å². The van der Waals surface area contributed by atoms with Crippen molar-refractivity contribution < 1.29 is 9.84 Å². The first-order valence-electron chi connectivity index (χ1n) is 9.23. The van der Waals surface area contributed by atoms with Crippen molar-refractivity contribution in [2.24, 2.45) is 7.05 Å². The highest BCUT2D eigenvalue weighted by Gasteiger charge is 2.17. The van der Waals surface area contributed by atoms with Gasteiger partial charge in [0.2, 0.25) is 0 Å². The number of benzene rings is 2. The molecule has 144 valence electrons.